The van der Waals surface area contributed by atoms with Gasteiger partial charge in [0.05, 0.1) is 0 Å². The van der Waals surface area contributed by atoms with E-state index in [-0.39, 0.29) is 5.78 Å². The Balaban J connectivity index is 4.04. The van der Waals surface area contributed by atoms with Gasteiger partial charge in [0.2, 0.25) is 0 Å². The van der Waals surface area contributed by atoms with Gasteiger partial charge < -0.3 is 13.3 Å². The number of hydrogen-bond acceptors (Lipinski definition) is 5. The maximum absolute atomic E-state index is 11.9. The van der Waals surface area contributed by atoms with E-state index >= 15 is 0 Å². The van der Waals surface area contributed by atoms with Crippen LogP contribution in [0.25, 0.3) is 0 Å². The van der Waals surface area contributed by atoms with Crippen LogP contribution < -0.4 is 0 Å². The summed E-state index contributed by atoms with van der Waals surface area (Å²) in [6.45, 7) is 7.43. The number of Topliss-reactive ketones (excluding diaryl/α,β-unsaturated/α-hetero) is 1. The van der Waals surface area contributed by atoms with Crippen molar-refractivity contribution in [3.63, 3.8) is 0 Å². The Kier molecular flexibility index (Phi) is 14.4. The first-order valence-electron chi connectivity index (χ1n) is 8.51. The highest BCUT2D eigenvalue weighted by molar-refractivity contribution is 7.79. The van der Waals surface area contributed by atoms with Gasteiger partial charge in [-0.2, -0.15) is 0 Å². The third-order valence-electron chi connectivity index (χ3n) is 3.32. The monoisotopic (exact) mass is 348 g/mol. The van der Waals surface area contributed by atoms with E-state index in [0.717, 1.165) is 12.8 Å². The summed E-state index contributed by atoms with van der Waals surface area (Å²) in [6, 6.07) is 0.509. The summed E-state index contributed by atoms with van der Waals surface area (Å²) < 4.78 is 17.2. The summed E-state index contributed by atoms with van der Waals surface area (Å²) in [5, 5.41) is 1.60. The molecule has 0 radical (unpaired) electrons. The van der Waals surface area contributed by atoms with E-state index in [1.54, 1.807) is 5.37 Å². The highest BCUT2D eigenvalue weighted by Crippen LogP contribution is 2.16. The fraction of sp³-hybridized carbons (Fsp3) is 0.875. The van der Waals surface area contributed by atoms with E-state index in [1.165, 1.54) is 19.3 Å². The minimum atomic E-state index is -2.72. The van der Waals surface area contributed by atoms with E-state index in [0.29, 0.717) is 38.7 Å². The van der Waals surface area contributed by atoms with Gasteiger partial charge in [0.1, 0.15) is 5.78 Å². The Morgan fingerprint density at radius 3 is 2.14 bits per heavy atom. The molecular formula is C16H32O4SSi. The quantitative estimate of drug-likeness (QED) is 0.236. The summed E-state index contributed by atoms with van der Waals surface area (Å²) in [7, 11) is -2.72. The molecular weight excluding hydrogens is 316 g/mol. The summed E-state index contributed by atoms with van der Waals surface area (Å²) in [5.74, 6) is 0.259. The maximum atomic E-state index is 11.9. The fourth-order valence-electron chi connectivity index (χ4n) is 2.21. The van der Waals surface area contributed by atoms with Gasteiger partial charge in [-0.3, -0.25) is 4.79 Å². The Bertz CT molecular complexity index is 294. The van der Waals surface area contributed by atoms with Crippen LogP contribution in [0.2, 0.25) is 6.04 Å². The van der Waals surface area contributed by atoms with Gasteiger partial charge in [-0.25, -0.2) is 0 Å². The first kappa shape index (κ1) is 21.9. The predicted octanol–water partition coefficient (Wildman–Crippen LogP) is 4.33. The molecule has 0 N–H and O–H groups in total. The van der Waals surface area contributed by atoms with Crippen LogP contribution in [-0.2, 0) is 18.1 Å². The number of carbonyl (C=O) groups excluding carboxylic acids is 1. The summed E-state index contributed by atoms with van der Waals surface area (Å²) in [6.07, 6.45) is 6.91. The Labute approximate surface area is 142 Å². The van der Waals surface area contributed by atoms with Crippen molar-refractivity contribution in [2.75, 3.05) is 19.8 Å². The van der Waals surface area contributed by atoms with Crippen molar-refractivity contribution in [2.45, 2.75) is 71.8 Å². The topological polar surface area (TPSA) is 44.8 Å². The maximum Gasteiger partial charge on any atom is 0.505 e. The summed E-state index contributed by atoms with van der Waals surface area (Å²) in [4.78, 5) is 11.9. The molecule has 0 aromatic carbocycles. The lowest BCUT2D eigenvalue weighted by atomic mass is 10.1. The molecule has 0 bridgehead atoms. The average molecular weight is 349 g/mol. The molecule has 4 nitrogen and oxygen atoms in total. The van der Waals surface area contributed by atoms with Crippen LogP contribution in [0.5, 0.6) is 0 Å². The molecule has 0 aliphatic heterocycles. The number of unbranched alkanes of at least 4 members (excludes halogenated alkanes) is 4. The zero-order valence-corrected chi connectivity index (χ0v) is 16.2. The van der Waals surface area contributed by atoms with Crippen LogP contribution in [0.15, 0.2) is 0 Å². The number of hydrogen-bond donors (Lipinski definition) is 0. The van der Waals surface area contributed by atoms with Crippen LogP contribution in [0, 0.1) is 0 Å². The lowest BCUT2D eigenvalue weighted by molar-refractivity contribution is -0.119. The largest absolute Gasteiger partial charge is 0.505 e. The van der Waals surface area contributed by atoms with Gasteiger partial charge in [-0.15, -0.1) is 0 Å². The number of carbonyl (C=O) groups is 1. The molecule has 0 unspecified atom stereocenters. The minimum Gasteiger partial charge on any atom is -0.374 e. The molecule has 0 saturated heterocycles. The smallest absolute Gasteiger partial charge is 0.374 e. The van der Waals surface area contributed by atoms with Crippen molar-refractivity contribution in [3.8, 4) is 0 Å². The summed E-state index contributed by atoms with van der Waals surface area (Å²) in [5.41, 5.74) is 0. The van der Waals surface area contributed by atoms with E-state index in [9.17, 15) is 4.79 Å². The van der Waals surface area contributed by atoms with Crippen molar-refractivity contribution in [1.82, 2.24) is 0 Å². The molecule has 0 fully saturated rings. The predicted molar refractivity (Wildman–Crippen MR) is 96.4 cm³/mol. The average Bonchev–Trinajstić information content (AvgIpc) is 2.48. The fourth-order valence-corrected chi connectivity index (χ4v) is 4.93. The first-order valence-corrected chi connectivity index (χ1v) is 10.9. The Morgan fingerprint density at radius 1 is 0.955 bits per heavy atom. The highest BCUT2D eigenvalue weighted by atomic mass is 32.1. The van der Waals surface area contributed by atoms with Crippen LogP contribution in [0.1, 0.15) is 65.7 Å². The Hall–Kier alpha value is -0.143. The molecule has 0 aliphatic carbocycles. The second-order valence-corrected chi connectivity index (χ2v) is 8.19. The molecule has 0 aliphatic rings. The van der Waals surface area contributed by atoms with Crippen LogP contribution in [0.4, 0.5) is 0 Å². The number of thiocarbonyl (C=S) groups is 1. The van der Waals surface area contributed by atoms with Crippen molar-refractivity contribution < 1.29 is 18.1 Å². The van der Waals surface area contributed by atoms with E-state index in [1.807, 2.05) is 13.8 Å². The molecule has 6 heteroatoms. The second kappa shape index (κ2) is 14.4. The van der Waals surface area contributed by atoms with Crippen molar-refractivity contribution in [1.29, 1.82) is 0 Å². The number of rotatable bonds is 16. The molecule has 0 heterocycles. The van der Waals surface area contributed by atoms with Gasteiger partial charge in [-0.05, 0) is 25.6 Å². The van der Waals surface area contributed by atoms with Gasteiger partial charge in [0, 0.05) is 38.7 Å². The minimum absolute atomic E-state index is 0.259. The van der Waals surface area contributed by atoms with E-state index in [4.69, 9.17) is 25.5 Å². The van der Waals surface area contributed by atoms with Gasteiger partial charge in [0.25, 0.3) is 0 Å². The number of ketones is 1. The van der Waals surface area contributed by atoms with E-state index < -0.39 is 8.80 Å². The van der Waals surface area contributed by atoms with Crippen molar-refractivity contribution in [3.05, 3.63) is 0 Å². The zero-order valence-electron chi connectivity index (χ0n) is 14.4. The molecule has 0 aromatic rings. The van der Waals surface area contributed by atoms with Crippen molar-refractivity contribution in [2.24, 2.45) is 0 Å². The third-order valence-corrected chi connectivity index (χ3v) is 6.59. The second-order valence-electron chi connectivity index (χ2n) is 5.22. The van der Waals surface area contributed by atoms with Crippen LogP contribution in [0.3, 0.4) is 0 Å². The third kappa shape index (κ3) is 10.6. The van der Waals surface area contributed by atoms with Crippen molar-refractivity contribution >= 4 is 32.2 Å². The van der Waals surface area contributed by atoms with Crippen LogP contribution >= 0.6 is 12.2 Å². The molecule has 0 spiro atoms. The standard InChI is InChI=1S/C16H32O4SSi/c1-4-7-8-9-10-11-16(17)12-13-20-22(15-14-21,18-5-2)19-6-3/h14H,4-13,15H2,1-3H3. The molecule has 0 saturated carbocycles. The zero-order chi connectivity index (χ0) is 16.7. The van der Waals surface area contributed by atoms with Gasteiger partial charge in [0.15, 0.2) is 0 Å². The molecule has 0 aromatic heterocycles. The van der Waals surface area contributed by atoms with Crippen LogP contribution in [-0.4, -0.2) is 39.8 Å². The first-order chi connectivity index (χ1) is 10.6. The normalized spacial score (nSPS) is 11.6. The molecule has 0 atom stereocenters. The SMILES string of the molecule is CCCCCCCC(=O)CCO[Si](CC=S)(OCC)OCC. The summed E-state index contributed by atoms with van der Waals surface area (Å²) >= 11 is 4.93. The molecule has 130 valence electrons. The molecule has 0 rings (SSSR count). The molecule has 22 heavy (non-hydrogen) atoms. The molecule has 0 amide bonds. The highest BCUT2D eigenvalue weighted by Gasteiger charge is 2.39. The lowest BCUT2D eigenvalue weighted by Gasteiger charge is -2.27. The van der Waals surface area contributed by atoms with E-state index in [2.05, 4.69) is 6.92 Å². The van der Waals surface area contributed by atoms with Gasteiger partial charge in [-0.1, -0.05) is 44.8 Å². The lowest BCUT2D eigenvalue weighted by Crippen LogP contribution is -2.46. The van der Waals surface area contributed by atoms with Gasteiger partial charge >= 0.3 is 8.80 Å². The Morgan fingerprint density at radius 2 is 1.59 bits per heavy atom.